The average Bonchev–Trinajstić information content (AvgIpc) is 2.97. The molecule has 0 radical (unpaired) electrons. The molecule has 0 aromatic heterocycles. The highest BCUT2D eigenvalue weighted by Crippen LogP contribution is 2.33. The van der Waals surface area contributed by atoms with Crippen LogP contribution < -0.4 is 5.32 Å². The Morgan fingerprint density at radius 2 is 1.78 bits per heavy atom. The maximum Gasteiger partial charge on any atom is 0.242 e. The Kier molecular flexibility index (Phi) is 6.66. The number of amides is 2. The molecule has 1 N–H and O–H groups in total. The zero-order valence-corrected chi connectivity index (χ0v) is 17.0. The number of benzene rings is 1. The molecule has 2 amide bonds. The van der Waals surface area contributed by atoms with Gasteiger partial charge in [-0.05, 0) is 49.3 Å². The summed E-state index contributed by atoms with van der Waals surface area (Å²) in [6, 6.07) is 8.77. The monoisotopic (exact) mass is 411 g/mol. The third-order valence-corrected chi connectivity index (χ3v) is 6.24. The Morgan fingerprint density at radius 1 is 1.11 bits per heavy atom. The minimum Gasteiger partial charge on any atom is -0.335 e. The van der Waals surface area contributed by atoms with Gasteiger partial charge in [0, 0.05) is 43.2 Å². The van der Waals surface area contributed by atoms with E-state index in [0.29, 0.717) is 49.1 Å². The van der Waals surface area contributed by atoms with Crippen molar-refractivity contribution in [1.29, 1.82) is 0 Å². The predicted octanol–water partition coefficient (Wildman–Crippen LogP) is 2.85. The van der Waals surface area contributed by atoms with Crippen LogP contribution in [0, 0.1) is 5.92 Å². The summed E-state index contributed by atoms with van der Waals surface area (Å²) in [6.45, 7) is 2.03. The summed E-state index contributed by atoms with van der Waals surface area (Å²) in [5.41, 5.74) is 1.06. The Hall–Kier alpha value is -1.30. The molecule has 5 nitrogen and oxygen atoms in total. The van der Waals surface area contributed by atoms with Crippen LogP contribution in [0.3, 0.4) is 0 Å². The number of nitrogens with zero attached hydrogens (tertiary/aromatic N) is 2. The Bertz CT molecular complexity index is 670. The van der Waals surface area contributed by atoms with Gasteiger partial charge in [-0.3, -0.25) is 9.59 Å². The lowest BCUT2D eigenvalue weighted by Crippen LogP contribution is -2.52. The van der Waals surface area contributed by atoms with Gasteiger partial charge in [-0.2, -0.15) is 0 Å². The first-order chi connectivity index (χ1) is 12.6. The molecule has 3 saturated heterocycles. The SMILES string of the molecule is Cl.O=C(CC1CC2CCC(C1)N2)N1CCN(Cc2ccc(Cl)cc2)C(=O)C1. The van der Waals surface area contributed by atoms with Crippen LogP contribution in [0.25, 0.3) is 0 Å². The third-order valence-electron chi connectivity index (χ3n) is 5.99. The van der Waals surface area contributed by atoms with E-state index in [4.69, 9.17) is 11.6 Å². The van der Waals surface area contributed by atoms with E-state index in [-0.39, 0.29) is 30.8 Å². The zero-order chi connectivity index (χ0) is 18.1. The molecule has 0 aliphatic carbocycles. The second-order valence-electron chi connectivity index (χ2n) is 7.94. The second-order valence-corrected chi connectivity index (χ2v) is 8.37. The van der Waals surface area contributed by atoms with Crippen molar-refractivity contribution in [3.05, 3.63) is 34.9 Å². The number of hydrogen-bond acceptors (Lipinski definition) is 3. The fourth-order valence-electron chi connectivity index (χ4n) is 4.62. The van der Waals surface area contributed by atoms with Crippen molar-refractivity contribution < 1.29 is 9.59 Å². The van der Waals surface area contributed by atoms with Crippen LogP contribution in [0.1, 0.15) is 37.7 Å². The highest BCUT2D eigenvalue weighted by Gasteiger charge is 2.35. The molecule has 3 aliphatic heterocycles. The molecular weight excluding hydrogens is 385 g/mol. The summed E-state index contributed by atoms with van der Waals surface area (Å²) in [5.74, 6) is 0.657. The van der Waals surface area contributed by atoms with E-state index in [1.54, 1.807) is 4.90 Å². The van der Waals surface area contributed by atoms with E-state index in [1.807, 2.05) is 29.2 Å². The Balaban J connectivity index is 0.00000210. The van der Waals surface area contributed by atoms with Gasteiger partial charge in [-0.15, -0.1) is 12.4 Å². The minimum absolute atomic E-state index is 0. The molecular formula is C20H27Cl2N3O2. The van der Waals surface area contributed by atoms with E-state index in [2.05, 4.69) is 5.32 Å². The first-order valence-corrected chi connectivity index (χ1v) is 10.0. The molecule has 1 aromatic carbocycles. The number of fused-ring (bicyclic) bond motifs is 2. The molecule has 4 rings (SSSR count). The van der Waals surface area contributed by atoms with Gasteiger partial charge in [-0.1, -0.05) is 23.7 Å². The van der Waals surface area contributed by atoms with E-state index < -0.39 is 0 Å². The van der Waals surface area contributed by atoms with Crippen LogP contribution in [0.5, 0.6) is 0 Å². The molecule has 3 aliphatic rings. The molecule has 0 saturated carbocycles. The number of halogens is 2. The summed E-state index contributed by atoms with van der Waals surface area (Å²) in [7, 11) is 0. The standard InChI is InChI=1S/C20H26ClN3O2.ClH/c21-16-3-1-14(2-4-16)12-23-7-8-24(13-20(23)26)19(25)11-15-9-17-5-6-18(10-15)22-17;/h1-4,15,17-18,22H,5-13H2;1H. The van der Waals surface area contributed by atoms with Gasteiger partial charge in [0.1, 0.15) is 0 Å². The largest absolute Gasteiger partial charge is 0.335 e. The summed E-state index contributed by atoms with van der Waals surface area (Å²) in [6.07, 6.45) is 5.30. The normalized spacial score (nSPS) is 27.4. The molecule has 1 aromatic rings. The topological polar surface area (TPSA) is 52.7 Å². The molecule has 2 unspecified atom stereocenters. The predicted molar refractivity (Wildman–Crippen MR) is 108 cm³/mol. The quantitative estimate of drug-likeness (QED) is 0.828. The van der Waals surface area contributed by atoms with Gasteiger partial charge >= 0.3 is 0 Å². The molecule has 7 heteroatoms. The van der Waals surface area contributed by atoms with Crippen molar-refractivity contribution in [2.45, 2.75) is 50.7 Å². The number of carbonyl (C=O) groups is 2. The van der Waals surface area contributed by atoms with Crippen LogP contribution in [0.2, 0.25) is 5.02 Å². The number of carbonyl (C=O) groups excluding carboxylic acids is 2. The number of rotatable bonds is 4. The third kappa shape index (κ3) is 4.95. The van der Waals surface area contributed by atoms with E-state index >= 15 is 0 Å². The zero-order valence-electron chi connectivity index (χ0n) is 15.4. The average molecular weight is 412 g/mol. The first-order valence-electron chi connectivity index (χ1n) is 9.63. The van der Waals surface area contributed by atoms with Gasteiger partial charge in [-0.25, -0.2) is 0 Å². The van der Waals surface area contributed by atoms with Gasteiger partial charge in [0.2, 0.25) is 11.8 Å². The number of piperidine rings is 1. The Morgan fingerprint density at radius 3 is 2.41 bits per heavy atom. The molecule has 27 heavy (non-hydrogen) atoms. The van der Waals surface area contributed by atoms with E-state index in [1.165, 1.54) is 12.8 Å². The van der Waals surface area contributed by atoms with Gasteiger partial charge in [0.05, 0.1) is 6.54 Å². The summed E-state index contributed by atoms with van der Waals surface area (Å²) in [4.78, 5) is 28.7. The Labute approximate surface area is 171 Å². The molecule has 3 fully saturated rings. The van der Waals surface area contributed by atoms with Crippen molar-refractivity contribution in [3.63, 3.8) is 0 Å². The molecule has 148 valence electrons. The number of hydrogen-bond donors (Lipinski definition) is 1. The van der Waals surface area contributed by atoms with Crippen LogP contribution >= 0.6 is 24.0 Å². The van der Waals surface area contributed by atoms with Crippen LogP contribution in [0.4, 0.5) is 0 Å². The summed E-state index contributed by atoms with van der Waals surface area (Å²) < 4.78 is 0. The van der Waals surface area contributed by atoms with Crippen molar-refractivity contribution in [1.82, 2.24) is 15.1 Å². The second kappa shape index (κ2) is 8.80. The molecule has 0 spiro atoms. The van der Waals surface area contributed by atoms with Crippen LogP contribution in [-0.2, 0) is 16.1 Å². The van der Waals surface area contributed by atoms with Gasteiger partial charge in [0.25, 0.3) is 0 Å². The fraction of sp³-hybridized carbons (Fsp3) is 0.600. The minimum atomic E-state index is 0. The number of nitrogens with one attached hydrogen (secondary N) is 1. The molecule has 2 atom stereocenters. The first kappa shape index (κ1) is 20.4. The lowest BCUT2D eigenvalue weighted by atomic mass is 9.89. The van der Waals surface area contributed by atoms with Crippen LogP contribution in [-0.4, -0.2) is 53.3 Å². The van der Waals surface area contributed by atoms with Crippen molar-refractivity contribution in [3.8, 4) is 0 Å². The van der Waals surface area contributed by atoms with Gasteiger partial charge in [0.15, 0.2) is 0 Å². The summed E-state index contributed by atoms with van der Waals surface area (Å²) in [5, 5.41) is 4.31. The lowest BCUT2D eigenvalue weighted by Gasteiger charge is -2.36. The van der Waals surface area contributed by atoms with E-state index in [0.717, 1.165) is 18.4 Å². The lowest BCUT2D eigenvalue weighted by molar-refractivity contribution is -0.146. The fourth-order valence-corrected chi connectivity index (χ4v) is 4.74. The maximum absolute atomic E-state index is 12.7. The molecule has 3 heterocycles. The number of piperazine rings is 1. The van der Waals surface area contributed by atoms with Crippen LogP contribution in [0.15, 0.2) is 24.3 Å². The highest BCUT2D eigenvalue weighted by molar-refractivity contribution is 6.30. The summed E-state index contributed by atoms with van der Waals surface area (Å²) >= 11 is 5.91. The van der Waals surface area contributed by atoms with E-state index in [9.17, 15) is 9.59 Å². The highest BCUT2D eigenvalue weighted by atomic mass is 35.5. The smallest absolute Gasteiger partial charge is 0.242 e. The molecule has 2 bridgehead atoms. The van der Waals surface area contributed by atoms with Gasteiger partial charge < -0.3 is 15.1 Å². The maximum atomic E-state index is 12.7. The van der Waals surface area contributed by atoms with Crippen molar-refractivity contribution in [2.75, 3.05) is 19.6 Å². The van der Waals surface area contributed by atoms with Crippen molar-refractivity contribution >= 4 is 35.8 Å². The van der Waals surface area contributed by atoms with Crippen molar-refractivity contribution in [2.24, 2.45) is 5.92 Å².